The minimum atomic E-state index is 0. The van der Waals surface area contributed by atoms with Gasteiger partial charge in [-0.3, -0.25) is 4.79 Å². The van der Waals surface area contributed by atoms with Crippen molar-refractivity contribution in [3.05, 3.63) is 24.3 Å². The molecule has 1 fully saturated rings. The van der Waals surface area contributed by atoms with E-state index < -0.39 is 0 Å². The summed E-state index contributed by atoms with van der Waals surface area (Å²) >= 11 is 0. The first-order chi connectivity index (χ1) is 10.8. The van der Waals surface area contributed by atoms with Crippen LogP contribution >= 0.6 is 24.8 Å². The number of amides is 1. The molecule has 0 spiro atoms. The Morgan fingerprint density at radius 1 is 1.17 bits per heavy atom. The topological polar surface area (TPSA) is 44.8 Å². The average molecular weight is 378 g/mol. The second-order valence-corrected chi connectivity index (χ2v) is 5.48. The molecule has 0 radical (unpaired) electrons. The van der Waals surface area contributed by atoms with E-state index in [2.05, 4.69) is 16.3 Å². The number of nitrogens with one attached hydrogen (secondary N) is 1. The summed E-state index contributed by atoms with van der Waals surface area (Å²) in [5, 5.41) is 3.08. The zero-order chi connectivity index (χ0) is 15.8. The molecule has 1 saturated heterocycles. The van der Waals surface area contributed by atoms with E-state index in [0.717, 1.165) is 50.6 Å². The number of anilines is 1. The highest BCUT2D eigenvalue weighted by atomic mass is 35.5. The van der Waals surface area contributed by atoms with Crippen LogP contribution in [0.1, 0.15) is 19.8 Å². The van der Waals surface area contributed by atoms with Crippen LogP contribution in [-0.4, -0.2) is 57.2 Å². The number of carbonyl (C=O) groups excluding carboxylic acids is 1. The minimum Gasteiger partial charge on any atom is -0.492 e. The third-order valence-corrected chi connectivity index (χ3v) is 3.96. The molecule has 0 aromatic heterocycles. The van der Waals surface area contributed by atoms with Gasteiger partial charge in [-0.2, -0.15) is 0 Å². The molecule has 1 heterocycles. The minimum absolute atomic E-state index is 0. The lowest BCUT2D eigenvalue weighted by Gasteiger charge is -2.36. The van der Waals surface area contributed by atoms with Gasteiger partial charge in [-0.1, -0.05) is 12.1 Å². The number of nitrogens with zero attached hydrogens (tertiary/aromatic N) is 2. The monoisotopic (exact) mass is 377 g/mol. The number of halogens is 2. The molecule has 1 amide bonds. The number of carbonyl (C=O) groups is 1. The van der Waals surface area contributed by atoms with E-state index >= 15 is 0 Å². The van der Waals surface area contributed by atoms with Crippen LogP contribution in [-0.2, 0) is 4.79 Å². The van der Waals surface area contributed by atoms with Gasteiger partial charge in [-0.15, -0.1) is 24.8 Å². The van der Waals surface area contributed by atoms with Gasteiger partial charge >= 0.3 is 0 Å². The lowest BCUT2D eigenvalue weighted by molar-refractivity contribution is -0.131. The SMILES string of the molecule is CCOc1ccccc1N1CCN(C(=O)CCCNC)CC1.Cl.Cl. The molecular formula is C17H29Cl2N3O2. The highest BCUT2D eigenvalue weighted by molar-refractivity contribution is 5.85. The molecule has 0 atom stereocenters. The Morgan fingerprint density at radius 2 is 1.83 bits per heavy atom. The summed E-state index contributed by atoms with van der Waals surface area (Å²) in [5.41, 5.74) is 1.13. The number of benzene rings is 1. The quantitative estimate of drug-likeness (QED) is 0.741. The molecule has 5 nitrogen and oxygen atoms in total. The van der Waals surface area contributed by atoms with Gasteiger partial charge in [0.1, 0.15) is 5.75 Å². The third-order valence-electron chi connectivity index (χ3n) is 3.96. The molecule has 1 aromatic rings. The van der Waals surface area contributed by atoms with E-state index in [9.17, 15) is 4.79 Å². The van der Waals surface area contributed by atoms with Gasteiger partial charge in [0.2, 0.25) is 5.91 Å². The van der Waals surface area contributed by atoms with Crippen molar-refractivity contribution in [1.29, 1.82) is 0 Å². The largest absolute Gasteiger partial charge is 0.492 e. The second kappa shape index (κ2) is 12.2. The summed E-state index contributed by atoms with van der Waals surface area (Å²) in [5.74, 6) is 1.20. The van der Waals surface area contributed by atoms with Crippen LogP contribution < -0.4 is 15.0 Å². The second-order valence-electron chi connectivity index (χ2n) is 5.48. The standard InChI is InChI=1S/C17H27N3O2.2ClH/c1-3-22-16-8-5-4-7-15(16)19-11-13-20(14-12-19)17(21)9-6-10-18-2;;/h4-5,7-8,18H,3,6,9-14H2,1-2H3;2*1H. The fraction of sp³-hybridized carbons (Fsp3) is 0.588. The van der Waals surface area contributed by atoms with E-state index in [-0.39, 0.29) is 30.7 Å². The van der Waals surface area contributed by atoms with Crippen molar-refractivity contribution in [3.8, 4) is 5.75 Å². The molecule has 0 unspecified atom stereocenters. The molecule has 138 valence electrons. The predicted octanol–water partition coefficient (Wildman–Crippen LogP) is 2.58. The highest BCUT2D eigenvalue weighted by Crippen LogP contribution is 2.28. The van der Waals surface area contributed by atoms with Gasteiger partial charge in [-0.25, -0.2) is 0 Å². The molecule has 0 saturated carbocycles. The van der Waals surface area contributed by atoms with Gasteiger partial charge in [0.25, 0.3) is 0 Å². The van der Waals surface area contributed by atoms with Crippen LogP contribution in [0.15, 0.2) is 24.3 Å². The molecule has 1 aromatic carbocycles. The average Bonchev–Trinajstić information content (AvgIpc) is 2.56. The van der Waals surface area contributed by atoms with Gasteiger partial charge in [-0.05, 0) is 39.1 Å². The summed E-state index contributed by atoms with van der Waals surface area (Å²) in [6, 6.07) is 8.13. The molecular weight excluding hydrogens is 349 g/mol. The fourth-order valence-corrected chi connectivity index (χ4v) is 2.77. The van der Waals surface area contributed by atoms with Crippen LogP contribution in [0.3, 0.4) is 0 Å². The summed E-state index contributed by atoms with van der Waals surface area (Å²) in [7, 11) is 1.92. The highest BCUT2D eigenvalue weighted by Gasteiger charge is 2.22. The Hall–Kier alpha value is -1.17. The molecule has 1 aliphatic rings. The fourth-order valence-electron chi connectivity index (χ4n) is 2.77. The van der Waals surface area contributed by atoms with E-state index in [0.29, 0.717) is 13.0 Å². The first-order valence-corrected chi connectivity index (χ1v) is 8.15. The summed E-state index contributed by atoms with van der Waals surface area (Å²) in [6.45, 7) is 6.87. The summed E-state index contributed by atoms with van der Waals surface area (Å²) in [6.07, 6.45) is 1.54. The number of hydrogen-bond acceptors (Lipinski definition) is 4. The molecule has 24 heavy (non-hydrogen) atoms. The Balaban J connectivity index is 0.00000264. The van der Waals surface area contributed by atoms with E-state index in [1.807, 2.05) is 37.1 Å². The van der Waals surface area contributed by atoms with Crippen LogP contribution in [0.2, 0.25) is 0 Å². The first kappa shape index (κ1) is 22.8. The molecule has 0 aliphatic carbocycles. The Labute approximate surface area is 157 Å². The molecule has 2 rings (SSSR count). The number of rotatable bonds is 7. The van der Waals surface area contributed by atoms with Crippen LogP contribution in [0, 0.1) is 0 Å². The number of piperazine rings is 1. The van der Waals surface area contributed by atoms with Gasteiger partial charge in [0.05, 0.1) is 12.3 Å². The smallest absolute Gasteiger partial charge is 0.222 e. The van der Waals surface area contributed by atoms with Crippen molar-refractivity contribution < 1.29 is 9.53 Å². The molecule has 1 N–H and O–H groups in total. The maximum Gasteiger partial charge on any atom is 0.222 e. The first-order valence-electron chi connectivity index (χ1n) is 8.15. The Kier molecular flexibility index (Phi) is 11.6. The van der Waals surface area contributed by atoms with Crippen molar-refractivity contribution in [3.63, 3.8) is 0 Å². The van der Waals surface area contributed by atoms with Gasteiger partial charge < -0.3 is 19.9 Å². The Morgan fingerprint density at radius 3 is 2.46 bits per heavy atom. The molecule has 0 bridgehead atoms. The van der Waals surface area contributed by atoms with Crippen molar-refractivity contribution in [2.24, 2.45) is 0 Å². The van der Waals surface area contributed by atoms with E-state index in [1.165, 1.54) is 0 Å². The Bertz CT molecular complexity index is 481. The van der Waals surface area contributed by atoms with Crippen molar-refractivity contribution in [2.45, 2.75) is 19.8 Å². The maximum absolute atomic E-state index is 12.1. The summed E-state index contributed by atoms with van der Waals surface area (Å²) in [4.78, 5) is 16.4. The zero-order valence-corrected chi connectivity index (χ0v) is 16.1. The lowest BCUT2D eigenvalue weighted by Crippen LogP contribution is -2.48. The predicted molar refractivity (Wildman–Crippen MR) is 104 cm³/mol. The van der Waals surface area contributed by atoms with Crippen molar-refractivity contribution >= 4 is 36.4 Å². The zero-order valence-electron chi connectivity index (χ0n) is 14.5. The number of ether oxygens (including phenoxy) is 1. The summed E-state index contributed by atoms with van der Waals surface area (Å²) < 4.78 is 5.70. The van der Waals surface area contributed by atoms with E-state index in [4.69, 9.17) is 4.74 Å². The van der Waals surface area contributed by atoms with Crippen LogP contribution in [0.4, 0.5) is 5.69 Å². The van der Waals surface area contributed by atoms with Crippen LogP contribution in [0.25, 0.3) is 0 Å². The number of hydrogen-bond donors (Lipinski definition) is 1. The maximum atomic E-state index is 12.1. The number of para-hydroxylation sites is 2. The van der Waals surface area contributed by atoms with Gasteiger partial charge in [0.15, 0.2) is 0 Å². The van der Waals surface area contributed by atoms with Crippen LogP contribution in [0.5, 0.6) is 5.75 Å². The third kappa shape index (κ3) is 6.38. The van der Waals surface area contributed by atoms with E-state index in [1.54, 1.807) is 0 Å². The van der Waals surface area contributed by atoms with Gasteiger partial charge in [0, 0.05) is 32.6 Å². The normalized spacial score (nSPS) is 13.8. The lowest BCUT2D eigenvalue weighted by atomic mass is 10.2. The van der Waals surface area contributed by atoms with Crippen molar-refractivity contribution in [2.75, 3.05) is 51.3 Å². The van der Waals surface area contributed by atoms with Crippen molar-refractivity contribution in [1.82, 2.24) is 10.2 Å². The molecule has 1 aliphatic heterocycles. The molecule has 7 heteroatoms.